The van der Waals surface area contributed by atoms with Crippen LogP contribution < -0.4 is 0 Å². The van der Waals surface area contributed by atoms with Crippen LogP contribution in [0.2, 0.25) is 0 Å². The fourth-order valence-electron chi connectivity index (χ4n) is 3.82. The first kappa shape index (κ1) is 18.0. The number of amides is 3. The first-order chi connectivity index (χ1) is 13.0. The zero-order valence-electron chi connectivity index (χ0n) is 15.7. The summed E-state index contributed by atoms with van der Waals surface area (Å²) >= 11 is 1.47. The van der Waals surface area contributed by atoms with Crippen LogP contribution in [-0.2, 0) is 13.1 Å². The van der Waals surface area contributed by atoms with Gasteiger partial charge in [0.25, 0.3) is 5.91 Å². The minimum Gasteiger partial charge on any atom is -0.331 e. The fourth-order valence-corrected chi connectivity index (χ4v) is 4.51. The number of likely N-dealkylation sites (tertiary alicyclic amines) is 1. The summed E-state index contributed by atoms with van der Waals surface area (Å²) in [6, 6.07) is 3.83. The van der Waals surface area contributed by atoms with Gasteiger partial charge in [0.2, 0.25) is 0 Å². The smallest absolute Gasteiger partial charge is 0.319 e. The molecule has 9 heteroatoms. The van der Waals surface area contributed by atoms with E-state index in [4.69, 9.17) is 0 Å². The van der Waals surface area contributed by atoms with Crippen molar-refractivity contribution in [3.63, 3.8) is 0 Å². The highest BCUT2D eigenvalue weighted by atomic mass is 32.1. The number of urea groups is 1. The van der Waals surface area contributed by atoms with Gasteiger partial charge in [-0.15, -0.1) is 21.5 Å². The molecule has 3 amide bonds. The lowest BCUT2D eigenvalue weighted by molar-refractivity contribution is 0.0710. The molecule has 0 unspecified atom stereocenters. The third-order valence-corrected chi connectivity index (χ3v) is 6.17. The van der Waals surface area contributed by atoms with Crippen molar-refractivity contribution in [2.24, 2.45) is 0 Å². The van der Waals surface area contributed by atoms with Crippen LogP contribution in [-0.4, -0.2) is 75.1 Å². The van der Waals surface area contributed by atoms with Gasteiger partial charge in [-0.3, -0.25) is 4.79 Å². The zero-order chi connectivity index (χ0) is 19.0. The number of rotatable bonds is 2. The molecule has 2 aromatic rings. The number of hydrogen-bond acceptors (Lipinski definition) is 5. The van der Waals surface area contributed by atoms with Crippen molar-refractivity contribution in [2.75, 3.05) is 33.7 Å². The lowest BCUT2D eigenvalue weighted by Gasteiger charge is -2.34. The molecule has 144 valence electrons. The molecule has 0 radical (unpaired) electrons. The Morgan fingerprint density at radius 2 is 1.89 bits per heavy atom. The molecule has 0 N–H and O–H groups in total. The Hall–Kier alpha value is -2.42. The summed E-state index contributed by atoms with van der Waals surface area (Å²) in [6.45, 7) is 3.39. The Morgan fingerprint density at radius 1 is 1.11 bits per heavy atom. The Morgan fingerprint density at radius 3 is 2.56 bits per heavy atom. The van der Waals surface area contributed by atoms with E-state index in [0.717, 1.165) is 49.0 Å². The predicted molar refractivity (Wildman–Crippen MR) is 102 cm³/mol. The largest absolute Gasteiger partial charge is 0.331 e. The monoisotopic (exact) mass is 388 g/mol. The van der Waals surface area contributed by atoms with Gasteiger partial charge in [0.05, 0.1) is 11.4 Å². The minimum atomic E-state index is 0.0660. The Bertz CT molecular complexity index is 823. The summed E-state index contributed by atoms with van der Waals surface area (Å²) in [7, 11) is 3.57. The van der Waals surface area contributed by atoms with E-state index in [1.54, 1.807) is 19.0 Å². The SMILES string of the molecule is CN(C)C(=O)N1CCC(c2nnc3n2CCN(C(=O)c2cccs2)C3)CC1. The molecule has 4 heterocycles. The number of nitrogens with zero attached hydrogens (tertiary/aromatic N) is 6. The first-order valence-corrected chi connectivity index (χ1v) is 10.1. The molecule has 0 atom stereocenters. The van der Waals surface area contributed by atoms with Crippen molar-refractivity contribution in [2.45, 2.75) is 31.8 Å². The highest BCUT2D eigenvalue weighted by Gasteiger charge is 2.31. The number of piperidine rings is 1. The third-order valence-electron chi connectivity index (χ3n) is 5.31. The molecule has 2 aliphatic rings. The fraction of sp³-hybridized carbons (Fsp3) is 0.556. The molecule has 4 rings (SSSR count). The van der Waals surface area contributed by atoms with Crippen molar-refractivity contribution in [1.82, 2.24) is 29.5 Å². The van der Waals surface area contributed by atoms with Crippen LogP contribution in [0.4, 0.5) is 4.79 Å². The van der Waals surface area contributed by atoms with Crippen LogP contribution in [0, 0.1) is 0 Å². The number of hydrogen-bond donors (Lipinski definition) is 0. The lowest BCUT2D eigenvalue weighted by atomic mass is 9.96. The molecular weight excluding hydrogens is 364 g/mol. The van der Waals surface area contributed by atoms with E-state index >= 15 is 0 Å². The molecule has 0 aromatic carbocycles. The van der Waals surface area contributed by atoms with E-state index in [9.17, 15) is 9.59 Å². The highest BCUT2D eigenvalue weighted by molar-refractivity contribution is 7.12. The van der Waals surface area contributed by atoms with Crippen LogP contribution in [0.1, 0.15) is 40.1 Å². The van der Waals surface area contributed by atoms with Crippen LogP contribution in [0.5, 0.6) is 0 Å². The average molecular weight is 388 g/mol. The molecule has 2 aliphatic heterocycles. The van der Waals surface area contributed by atoms with Gasteiger partial charge in [-0.05, 0) is 24.3 Å². The molecule has 1 fully saturated rings. The molecule has 0 saturated carbocycles. The van der Waals surface area contributed by atoms with Crippen molar-refractivity contribution in [1.29, 1.82) is 0 Å². The number of carbonyl (C=O) groups is 2. The van der Waals surface area contributed by atoms with Gasteiger partial charge in [-0.2, -0.15) is 0 Å². The summed E-state index contributed by atoms with van der Waals surface area (Å²) in [5.41, 5.74) is 0. The number of thiophene rings is 1. The second-order valence-corrected chi connectivity index (χ2v) is 8.22. The predicted octanol–water partition coefficient (Wildman–Crippen LogP) is 1.86. The molecule has 0 spiro atoms. The van der Waals surface area contributed by atoms with E-state index < -0.39 is 0 Å². The van der Waals surface area contributed by atoms with Crippen LogP contribution in [0.3, 0.4) is 0 Å². The van der Waals surface area contributed by atoms with Crippen molar-refractivity contribution in [3.8, 4) is 0 Å². The van der Waals surface area contributed by atoms with Crippen molar-refractivity contribution >= 4 is 23.3 Å². The van der Waals surface area contributed by atoms with Gasteiger partial charge in [0.15, 0.2) is 5.82 Å². The third kappa shape index (κ3) is 3.43. The summed E-state index contributed by atoms with van der Waals surface area (Å²) in [5.74, 6) is 2.24. The van der Waals surface area contributed by atoms with Gasteiger partial charge in [0, 0.05) is 46.2 Å². The van der Waals surface area contributed by atoms with E-state index in [1.165, 1.54) is 11.3 Å². The van der Waals surface area contributed by atoms with Gasteiger partial charge in [-0.25, -0.2) is 4.79 Å². The number of carbonyl (C=O) groups excluding carboxylic acids is 2. The Labute approximate surface area is 162 Å². The second kappa shape index (κ2) is 7.30. The van der Waals surface area contributed by atoms with Crippen LogP contribution in [0.25, 0.3) is 0 Å². The Balaban J connectivity index is 1.42. The summed E-state index contributed by atoms with van der Waals surface area (Å²) < 4.78 is 2.17. The maximum absolute atomic E-state index is 12.6. The standard InChI is InChI=1S/C18H24N6O2S/c1-21(2)18(26)22-7-5-13(6-8-22)16-20-19-15-12-23(9-10-24(15)16)17(25)14-4-3-11-27-14/h3-4,11,13H,5-10,12H2,1-2H3. The lowest BCUT2D eigenvalue weighted by Crippen LogP contribution is -2.44. The normalized spacial score (nSPS) is 17.7. The molecule has 0 aliphatic carbocycles. The average Bonchev–Trinajstić information content (AvgIpc) is 3.36. The molecule has 1 saturated heterocycles. The van der Waals surface area contributed by atoms with E-state index in [2.05, 4.69) is 14.8 Å². The first-order valence-electron chi connectivity index (χ1n) is 9.25. The van der Waals surface area contributed by atoms with Gasteiger partial charge >= 0.3 is 6.03 Å². The maximum Gasteiger partial charge on any atom is 0.319 e. The molecule has 2 aromatic heterocycles. The van der Waals surface area contributed by atoms with Gasteiger partial charge < -0.3 is 19.3 Å². The molecule has 27 heavy (non-hydrogen) atoms. The minimum absolute atomic E-state index is 0.0660. The van der Waals surface area contributed by atoms with E-state index in [1.807, 2.05) is 27.3 Å². The summed E-state index contributed by atoms with van der Waals surface area (Å²) in [4.78, 5) is 30.8. The number of fused-ring (bicyclic) bond motifs is 1. The van der Waals surface area contributed by atoms with E-state index in [-0.39, 0.29) is 11.9 Å². The van der Waals surface area contributed by atoms with Crippen molar-refractivity contribution in [3.05, 3.63) is 34.0 Å². The van der Waals surface area contributed by atoms with Crippen LogP contribution >= 0.6 is 11.3 Å². The second-order valence-electron chi connectivity index (χ2n) is 7.27. The molecule has 8 nitrogen and oxygen atoms in total. The molecule has 0 bridgehead atoms. The Kier molecular flexibility index (Phi) is 4.86. The summed E-state index contributed by atoms with van der Waals surface area (Å²) in [5, 5.41) is 10.7. The van der Waals surface area contributed by atoms with Gasteiger partial charge in [0.1, 0.15) is 5.82 Å². The highest BCUT2D eigenvalue weighted by Crippen LogP contribution is 2.29. The quantitative estimate of drug-likeness (QED) is 0.787. The zero-order valence-corrected chi connectivity index (χ0v) is 16.5. The molecular formula is C18H24N6O2S. The van der Waals surface area contributed by atoms with E-state index in [0.29, 0.717) is 19.0 Å². The summed E-state index contributed by atoms with van der Waals surface area (Å²) in [6.07, 6.45) is 1.80. The topological polar surface area (TPSA) is 74.6 Å². The maximum atomic E-state index is 12.6. The van der Waals surface area contributed by atoms with Crippen molar-refractivity contribution < 1.29 is 9.59 Å². The number of aromatic nitrogens is 3. The van der Waals surface area contributed by atoms with Crippen LogP contribution in [0.15, 0.2) is 17.5 Å². The van der Waals surface area contributed by atoms with Gasteiger partial charge in [-0.1, -0.05) is 6.07 Å².